The van der Waals surface area contributed by atoms with E-state index in [2.05, 4.69) is 32.6 Å². The number of rotatable bonds is 2. The first-order valence-corrected chi connectivity index (χ1v) is 6.80. The minimum absolute atomic E-state index is 0.846. The van der Waals surface area contributed by atoms with Crippen LogP contribution in [0, 0.1) is 0 Å². The van der Waals surface area contributed by atoms with E-state index in [0.717, 1.165) is 36.7 Å². The summed E-state index contributed by atoms with van der Waals surface area (Å²) in [7, 11) is 0. The Labute approximate surface area is 117 Å². The molecule has 0 saturated heterocycles. The van der Waals surface area contributed by atoms with E-state index in [1.165, 1.54) is 11.1 Å². The molecule has 0 amide bonds. The van der Waals surface area contributed by atoms with E-state index in [0.29, 0.717) is 0 Å². The van der Waals surface area contributed by atoms with Crippen LogP contribution in [0.2, 0.25) is 0 Å². The molecule has 4 rings (SSSR count). The summed E-state index contributed by atoms with van der Waals surface area (Å²) in [5.74, 6) is 0. The topological polar surface area (TPSA) is 46.6 Å². The highest BCUT2D eigenvalue weighted by Gasteiger charge is 2.19. The van der Waals surface area contributed by atoms with E-state index in [4.69, 9.17) is 5.73 Å². The third kappa shape index (κ3) is 1.94. The highest BCUT2D eigenvalue weighted by Crippen LogP contribution is 2.25. The molecule has 2 N–H and O–H groups in total. The lowest BCUT2D eigenvalue weighted by atomic mass is 10.1. The second kappa shape index (κ2) is 4.35. The van der Waals surface area contributed by atoms with Crippen molar-refractivity contribution in [3.8, 4) is 0 Å². The maximum atomic E-state index is 5.85. The quantitative estimate of drug-likeness (QED) is 0.723. The van der Waals surface area contributed by atoms with Crippen molar-refractivity contribution in [2.75, 3.05) is 5.73 Å². The summed E-state index contributed by atoms with van der Waals surface area (Å²) in [5.41, 5.74) is 11.5. The highest BCUT2D eigenvalue weighted by molar-refractivity contribution is 5.46. The molecular formula is C16H16N4. The van der Waals surface area contributed by atoms with Crippen LogP contribution >= 0.6 is 0 Å². The summed E-state index contributed by atoms with van der Waals surface area (Å²) in [6, 6.07) is 12.3. The molecule has 4 nitrogen and oxygen atoms in total. The van der Waals surface area contributed by atoms with Gasteiger partial charge in [-0.1, -0.05) is 12.1 Å². The second-order valence-electron chi connectivity index (χ2n) is 5.37. The van der Waals surface area contributed by atoms with Crippen LogP contribution in [0.4, 0.5) is 5.69 Å². The molecule has 3 aromatic rings. The van der Waals surface area contributed by atoms with Crippen molar-refractivity contribution < 1.29 is 0 Å². The van der Waals surface area contributed by atoms with Crippen LogP contribution < -0.4 is 5.73 Å². The Morgan fingerprint density at radius 3 is 2.90 bits per heavy atom. The summed E-state index contributed by atoms with van der Waals surface area (Å²) in [4.78, 5) is 7.05. The minimum Gasteiger partial charge on any atom is -0.399 e. The Balaban J connectivity index is 1.56. The molecule has 0 radical (unpaired) electrons. The van der Waals surface area contributed by atoms with Gasteiger partial charge in [0.05, 0.1) is 5.69 Å². The molecule has 0 unspecified atom stereocenters. The first-order valence-electron chi connectivity index (χ1n) is 6.80. The smallest absolute Gasteiger partial charge is 0.137 e. The number of pyridine rings is 1. The van der Waals surface area contributed by atoms with Crippen LogP contribution in [-0.2, 0) is 19.6 Å². The fourth-order valence-electron chi connectivity index (χ4n) is 2.89. The SMILES string of the molecule is Nc1ccc2c(c1)CN(Cc1cn3ccccc3n1)C2. The lowest BCUT2D eigenvalue weighted by Gasteiger charge is -2.12. The Morgan fingerprint density at radius 2 is 2.00 bits per heavy atom. The van der Waals surface area contributed by atoms with Crippen molar-refractivity contribution in [2.24, 2.45) is 0 Å². The maximum absolute atomic E-state index is 5.85. The molecule has 20 heavy (non-hydrogen) atoms. The predicted molar refractivity (Wildman–Crippen MR) is 79.0 cm³/mol. The van der Waals surface area contributed by atoms with Crippen LogP contribution in [0.3, 0.4) is 0 Å². The molecule has 2 aromatic heterocycles. The van der Waals surface area contributed by atoms with Gasteiger partial charge in [0.25, 0.3) is 0 Å². The van der Waals surface area contributed by atoms with E-state index in [9.17, 15) is 0 Å². The van der Waals surface area contributed by atoms with Gasteiger partial charge in [0.15, 0.2) is 0 Å². The maximum Gasteiger partial charge on any atom is 0.137 e. The van der Waals surface area contributed by atoms with Crippen LogP contribution in [-0.4, -0.2) is 14.3 Å². The molecule has 0 spiro atoms. The largest absolute Gasteiger partial charge is 0.399 e. The molecule has 0 fully saturated rings. The van der Waals surface area contributed by atoms with E-state index in [1.54, 1.807) is 0 Å². The third-order valence-electron chi connectivity index (χ3n) is 3.82. The molecular weight excluding hydrogens is 248 g/mol. The standard InChI is InChI=1S/C16H16N4/c17-14-5-4-12-8-19(9-13(12)7-14)10-15-11-20-6-2-1-3-16(20)18-15/h1-7,11H,8-10,17H2. The number of imidazole rings is 1. The van der Waals surface area contributed by atoms with E-state index in [1.807, 2.05) is 30.5 Å². The predicted octanol–water partition coefficient (Wildman–Crippen LogP) is 2.43. The number of aromatic nitrogens is 2. The number of benzene rings is 1. The Kier molecular flexibility index (Phi) is 2.50. The first-order chi connectivity index (χ1) is 9.78. The molecule has 100 valence electrons. The average Bonchev–Trinajstić information content (AvgIpc) is 3.00. The van der Waals surface area contributed by atoms with Crippen molar-refractivity contribution in [3.63, 3.8) is 0 Å². The van der Waals surface area contributed by atoms with Crippen molar-refractivity contribution >= 4 is 11.3 Å². The van der Waals surface area contributed by atoms with Crippen molar-refractivity contribution in [3.05, 3.63) is 65.6 Å². The van der Waals surface area contributed by atoms with Crippen LogP contribution in [0.25, 0.3) is 5.65 Å². The van der Waals surface area contributed by atoms with Gasteiger partial charge in [0.2, 0.25) is 0 Å². The van der Waals surface area contributed by atoms with Gasteiger partial charge in [0.1, 0.15) is 5.65 Å². The molecule has 4 heteroatoms. The Hall–Kier alpha value is -2.33. The first kappa shape index (κ1) is 11.5. The summed E-state index contributed by atoms with van der Waals surface area (Å²) >= 11 is 0. The highest BCUT2D eigenvalue weighted by atomic mass is 15.2. The molecule has 1 aliphatic heterocycles. The Morgan fingerprint density at radius 1 is 1.10 bits per heavy atom. The van der Waals surface area contributed by atoms with Gasteiger partial charge in [-0.05, 0) is 35.4 Å². The van der Waals surface area contributed by atoms with Crippen LogP contribution in [0.5, 0.6) is 0 Å². The van der Waals surface area contributed by atoms with Crippen LogP contribution in [0.1, 0.15) is 16.8 Å². The fourth-order valence-corrected chi connectivity index (χ4v) is 2.89. The number of nitrogen functional groups attached to an aromatic ring is 1. The number of hydrogen-bond donors (Lipinski definition) is 1. The number of nitrogens with two attached hydrogens (primary N) is 1. The normalized spacial score (nSPS) is 14.8. The zero-order chi connectivity index (χ0) is 13.5. The molecule has 0 saturated carbocycles. The molecule has 1 aromatic carbocycles. The zero-order valence-corrected chi connectivity index (χ0v) is 11.2. The number of fused-ring (bicyclic) bond motifs is 2. The number of nitrogens with zero attached hydrogens (tertiary/aromatic N) is 3. The molecule has 0 bridgehead atoms. The third-order valence-corrected chi connectivity index (χ3v) is 3.82. The summed E-state index contributed by atoms with van der Waals surface area (Å²) in [6.07, 6.45) is 4.14. The summed E-state index contributed by atoms with van der Waals surface area (Å²) in [5, 5.41) is 0. The van der Waals surface area contributed by atoms with Gasteiger partial charge >= 0.3 is 0 Å². The lowest BCUT2D eigenvalue weighted by Crippen LogP contribution is -2.15. The van der Waals surface area contributed by atoms with Crippen molar-refractivity contribution in [2.45, 2.75) is 19.6 Å². The zero-order valence-electron chi connectivity index (χ0n) is 11.2. The van der Waals surface area contributed by atoms with Gasteiger partial charge in [-0.15, -0.1) is 0 Å². The van der Waals surface area contributed by atoms with Gasteiger partial charge in [-0.2, -0.15) is 0 Å². The monoisotopic (exact) mass is 264 g/mol. The molecule has 0 atom stereocenters. The van der Waals surface area contributed by atoms with Gasteiger partial charge in [-0.3, -0.25) is 4.90 Å². The minimum atomic E-state index is 0.846. The summed E-state index contributed by atoms with van der Waals surface area (Å²) < 4.78 is 2.07. The van der Waals surface area contributed by atoms with Crippen LogP contribution in [0.15, 0.2) is 48.8 Å². The van der Waals surface area contributed by atoms with Gasteiger partial charge in [0, 0.05) is 37.7 Å². The average molecular weight is 264 g/mol. The van der Waals surface area contributed by atoms with E-state index < -0.39 is 0 Å². The van der Waals surface area contributed by atoms with E-state index in [-0.39, 0.29) is 0 Å². The number of anilines is 1. The molecule has 1 aliphatic rings. The fraction of sp³-hybridized carbons (Fsp3) is 0.188. The van der Waals surface area contributed by atoms with Crippen molar-refractivity contribution in [1.29, 1.82) is 0 Å². The number of hydrogen-bond acceptors (Lipinski definition) is 3. The van der Waals surface area contributed by atoms with Gasteiger partial charge < -0.3 is 10.1 Å². The van der Waals surface area contributed by atoms with Crippen molar-refractivity contribution in [1.82, 2.24) is 14.3 Å². The van der Waals surface area contributed by atoms with E-state index >= 15 is 0 Å². The molecule has 0 aliphatic carbocycles. The Bertz CT molecular complexity index is 742. The second-order valence-corrected chi connectivity index (χ2v) is 5.37. The van der Waals surface area contributed by atoms with Gasteiger partial charge in [-0.25, -0.2) is 4.98 Å². The summed E-state index contributed by atoms with van der Waals surface area (Å²) in [6.45, 7) is 2.80. The molecule has 3 heterocycles. The lowest BCUT2D eigenvalue weighted by molar-refractivity contribution is 0.272.